The van der Waals surface area contributed by atoms with E-state index in [9.17, 15) is 4.79 Å². The molecule has 0 radical (unpaired) electrons. The van der Waals surface area contributed by atoms with Crippen molar-refractivity contribution < 1.29 is 4.79 Å². The van der Waals surface area contributed by atoms with Crippen LogP contribution in [0.3, 0.4) is 0 Å². The van der Waals surface area contributed by atoms with E-state index in [1.807, 2.05) is 44.4 Å². The number of halogens is 2. The lowest BCUT2D eigenvalue weighted by Gasteiger charge is -2.21. The van der Waals surface area contributed by atoms with E-state index in [0.29, 0.717) is 19.0 Å². The van der Waals surface area contributed by atoms with Gasteiger partial charge in [-0.1, -0.05) is 30.3 Å². The van der Waals surface area contributed by atoms with Crippen molar-refractivity contribution in [2.24, 2.45) is 5.73 Å². The number of likely N-dealkylation sites (N-methyl/N-ethyl adjacent to an activating group) is 1. The lowest BCUT2D eigenvalue weighted by molar-refractivity contribution is -0.122. The molecule has 20 heavy (non-hydrogen) atoms. The molecule has 3 N–H and O–H groups in total. The Balaban J connectivity index is 0. The molecule has 1 aromatic rings. The van der Waals surface area contributed by atoms with Gasteiger partial charge in [-0.3, -0.25) is 4.79 Å². The largest absolute Gasteiger partial charge is 0.353 e. The summed E-state index contributed by atoms with van der Waals surface area (Å²) in [5, 5.41) is 2.88. The van der Waals surface area contributed by atoms with Crippen molar-refractivity contribution in [3.8, 4) is 0 Å². The van der Waals surface area contributed by atoms with Gasteiger partial charge < -0.3 is 16.0 Å². The highest BCUT2D eigenvalue weighted by Crippen LogP contribution is 2.01. The summed E-state index contributed by atoms with van der Waals surface area (Å²) in [6.07, 6.45) is 0.572. The average molecular weight is 322 g/mol. The molecule has 2 atom stereocenters. The van der Waals surface area contributed by atoms with Gasteiger partial charge in [-0.2, -0.15) is 0 Å². The molecule has 0 aromatic heterocycles. The average Bonchev–Trinajstić information content (AvgIpc) is 2.36. The van der Waals surface area contributed by atoms with Crippen LogP contribution in [0.2, 0.25) is 0 Å². The molecule has 0 aliphatic heterocycles. The number of nitrogens with one attached hydrogen (secondary N) is 1. The van der Waals surface area contributed by atoms with Crippen LogP contribution < -0.4 is 11.1 Å². The van der Waals surface area contributed by atoms with Crippen LogP contribution in [-0.4, -0.2) is 43.5 Å². The molecule has 0 fully saturated rings. The normalized spacial score (nSPS) is 12.8. The second-order valence-electron chi connectivity index (χ2n) is 4.85. The fraction of sp³-hybridized carbons (Fsp3) is 0.500. The van der Waals surface area contributed by atoms with Crippen molar-refractivity contribution in [2.75, 3.05) is 20.6 Å². The number of carbonyl (C=O) groups is 1. The van der Waals surface area contributed by atoms with Crippen molar-refractivity contribution in [3.63, 3.8) is 0 Å². The predicted octanol–water partition coefficient (Wildman–Crippen LogP) is 1.47. The Morgan fingerprint density at radius 1 is 1.25 bits per heavy atom. The standard InChI is InChI=1S/C14H23N3O.2ClH/c1-11(17(2)3)10-16-14(18)13(15)9-12-7-5-4-6-8-12;;/h4-8,11,13H,9-10,15H2,1-3H3,(H,16,18);2*1H/t11?,13-;;/m0../s1. The van der Waals surface area contributed by atoms with E-state index in [0.717, 1.165) is 5.56 Å². The molecule has 0 aliphatic rings. The second kappa shape index (κ2) is 10.9. The van der Waals surface area contributed by atoms with E-state index in [2.05, 4.69) is 17.1 Å². The van der Waals surface area contributed by atoms with E-state index >= 15 is 0 Å². The first-order valence-corrected chi connectivity index (χ1v) is 6.24. The van der Waals surface area contributed by atoms with Gasteiger partial charge in [-0.25, -0.2) is 0 Å². The summed E-state index contributed by atoms with van der Waals surface area (Å²) in [5.41, 5.74) is 6.97. The minimum absolute atomic E-state index is 0. The second-order valence-corrected chi connectivity index (χ2v) is 4.85. The lowest BCUT2D eigenvalue weighted by Crippen LogP contribution is -2.46. The molecule has 6 heteroatoms. The van der Waals surface area contributed by atoms with Crippen LogP contribution in [0.1, 0.15) is 12.5 Å². The Morgan fingerprint density at radius 3 is 2.30 bits per heavy atom. The molecule has 1 unspecified atom stereocenters. The van der Waals surface area contributed by atoms with Crippen molar-refractivity contribution in [1.82, 2.24) is 10.2 Å². The smallest absolute Gasteiger partial charge is 0.237 e. The van der Waals surface area contributed by atoms with Crippen LogP contribution in [0.15, 0.2) is 30.3 Å². The number of nitrogens with zero attached hydrogens (tertiary/aromatic N) is 1. The fourth-order valence-corrected chi connectivity index (χ4v) is 1.52. The highest BCUT2D eigenvalue weighted by Gasteiger charge is 2.15. The van der Waals surface area contributed by atoms with Crippen molar-refractivity contribution in [2.45, 2.75) is 25.4 Å². The van der Waals surface area contributed by atoms with Crippen LogP contribution in [0.25, 0.3) is 0 Å². The highest BCUT2D eigenvalue weighted by molar-refractivity contribution is 5.85. The van der Waals surface area contributed by atoms with Gasteiger partial charge in [0.25, 0.3) is 0 Å². The van der Waals surface area contributed by atoms with Gasteiger partial charge in [0.2, 0.25) is 5.91 Å². The van der Waals surface area contributed by atoms with E-state index in [1.54, 1.807) is 0 Å². The summed E-state index contributed by atoms with van der Waals surface area (Å²) in [6.45, 7) is 2.68. The molecule has 1 aromatic carbocycles. The van der Waals surface area contributed by atoms with E-state index in [-0.39, 0.29) is 30.7 Å². The maximum atomic E-state index is 11.8. The topological polar surface area (TPSA) is 58.4 Å². The van der Waals surface area contributed by atoms with Crippen molar-refractivity contribution in [1.29, 1.82) is 0 Å². The molecule has 0 heterocycles. The molecular formula is C14H25Cl2N3O. The van der Waals surface area contributed by atoms with Crippen LogP contribution >= 0.6 is 24.8 Å². The van der Waals surface area contributed by atoms with E-state index in [1.165, 1.54) is 0 Å². The third-order valence-corrected chi connectivity index (χ3v) is 3.09. The van der Waals surface area contributed by atoms with Gasteiger partial charge in [0.1, 0.15) is 0 Å². The zero-order valence-corrected chi connectivity index (χ0v) is 13.8. The monoisotopic (exact) mass is 321 g/mol. The lowest BCUT2D eigenvalue weighted by atomic mass is 10.1. The van der Waals surface area contributed by atoms with Gasteiger partial charge in [0.05, 0.1) is 6.04 Å². The zero-order valence-electron chi connectivity index (χ0n) is 12.2. The van der Waals surface area contributed by atoms with Gasteiger partial charge >= 0.3 is 0 Å². The molecule has 4 nitrogen and oxygen atoms in total. The van der Waals surface area contributed by atoms with Gasteiger partial charge in [0.15, 0.2) is 0 Å². The van der Waals surface area contributed by atoms with Crippen LogP contribution in [0.4, 0.5) is 0 Å². The maximum Gasteiger partial charge on any atom is 0.237 e. The molecule has 0 bridgehead atoms. The summed E-state index contributed by atoms with van der Waals surface area (Å²) in [7, 11) is 3.97. The maximum absolute atomic E-state index is 11.8. The number of hydrogen-bond donors (Lipinski definition) is 2. The van der Waals surface area contributed by atoms with Gasteiger partial charge in [0, 0.05) is 12.6 Å². The van der Waals surface area contributed by atoms with Crippen LogP contribution in [-0.2, 0) is 11.2 Å². The predicted molar refractivity (Wildman–Crippen MR) is 88.8 cm³/mol. The van der Waals surface area contributed by atoms with Crippen molar-refractivity contribution in [3.05, 3.63) is 35.9 Å². The summed E-state index contributed by atoms with van der Waals surface area (Å²) in [4.78, 5) is 13.9. The number of amides is 1. The zero-order chi connectivity index (χ0) is 13.5. The quantitative estimate of drug-likeness (QED) is 0.834. The van der Waals surface area contributed by atoms with E-state index in [4.69, 9.17) is 5.73 Å². The number of hydrogen-bond acceptors (Lipinski definition) is 3. The fourth-order valence-electron chi connectivity index (χ4n) is 1.52. The SMILES string of the molecule is CC(CNC(=O)[C@@H](N)Cc1ccccc1)N(C)C.Cl.Cl. The van der Waals surface area contributed by atoms with Crippen molar-refractivity contribution >= 4 is 30.7 Å². The molecule has 0 saturated carbocycles. The first-order valence-electron chi connectivity index (χ1n) is 6.24. The third kappa shape index (κ3) is 7.70. The third-order valence-electron chi connectivity index (χ3n) is 3.09. The summed E-state index contributed by atoms with van der Waals surface area (Å²) < 4.78 is 0. The number of nitrogens with two attached hydrogens (primary N) is 1. The molecular weight excluding hydrogens is 297 g/mol. The molecule has 0 saturated heterocycles. The Labute approximate surface area is 133 Å². The summed E-state index contributed by atoms with van der Waals surface area (Å²) in [5.74, 6) is -0.0902. The Morgan fingerprint density at radius 2 is 1.80 bits per heavy atom. The number of benzene rings is 1. The molecule has 116 valence electrons. The van der Waals surface area contributed by atoms with Gasteiger partial charge in [-0.15, -0.1) is 24.8 Å². The number of rotatable bonds is 6. The molecule has 1 rings (SSSR count). The highest BCUT2D eigenvalue weighted by atomic mass is 35.5. The Bertz CT molecular complexity index is 374. The van der Waals surface area contributed by atoms with Crippen LogP contribution in [0.5, 0.6) is 0 Å². The molecule has 0 spiro atoms. The Kier molecular flexibility index (Phi) is 11.7. The first-order chi connectivity index (χ1) is 8.50. The first kappa shape index (κ1) is 21.5. The summed E-state index contributed by atoms with van der Waals surface area (Å²) >= 11 is 0. The molecule has 0 aliphatic carbocycles. The van der Waals surface area contributed by atoms with E-state index < -0.39 is 6.04 Å². The minimum atomic E-state index is -0.484. The van der Waals surface area contributed by atoms with Crippen LogP contribution in [0, 0.1) is 0 Å². The molecule has 1 amide bonds. The minimum Gasteiger partial charge on any atom is -0.353 e. The Hall–Kier alpha value is -0.810. The van der Waals surface area contributed by atoms with Gasteiger partial charge in [-0.05, 0) is 33.0 Å². The number of carbonyl (C=O) groups excluding carboxylic acids is 1. The summed E-state index contributed by atoms with van der Waals surface area (Å²) in [6, 6.07) is 9.64.